The summed E-state index contributed by atoms with van der Waals surface area (Å²) < 4.78 is 10.8. The highest BCUT2D eigenvalue weighted by Gasteiger charge is 2.24. The molecule has 2 atom stereocenters. The molecule has 0 aliphatic carbocycles. The van der Waals surface area contributed by atoms with E-state index >= 15 is 0 Å². The van der Waals surface area contributed by atoms with Gasteiger partial charge in [-0.2, -0.15) is 0 Å². The van der Waals surface area contributed by atoms with Crippen LogP contribution in [0.3, 0.4) is 0 Å². The van der Waals surface area contributed by atoms with Crippen molar-refractivity contribution in [1.29, 1.82) is 0 Å². The minimum absolute atomic E-state index is 0.376. The van der Waals surface area contributed by atoms with Crippen molar-refractivity contribution < 1.29 is 19.1 Å². The van der Waals surface area contributed by atoms with Gasteiger partial charge >= 0.3 is 5.97 Å². The smallest absolute Gasteiger partial charge is 0.347 e. The van der Waals surface area contributed by atoms with Gasteiger partial charge in [0.15, 0.2) is 12.2 Å². The first-order valence-corrected chi connectivity index (χ1v) is 8.59. The largest absolute Gasteiger partial charge is 0.479 e. The van der Waals surface area contributed by atoms with E-state index in [1.54, 1.807) is 19.9 Å². The lowest BCUT2D eigenvalue weighted by Crippen LogP contribution is -2.35. The van der Waals surface area contributed by atoms with E-state index < -0.39 is 18.2 Å². The zero-order valence-electron chi connectivity index (χ0n) is 15.8. The summed E-state index contributed by atoms with van der Waals surface area (Å²) in [4.78, 5) is 24.6. The van der Waals surface area contributed by atoms with Gasteiger partial charge in [0.1, 0.15) is 5.75 Å². The predicted molar refractivity (Wildman–Crippen MR) is 101 cm³/mol. The Bertz CT molecular complexity index is 780. The number of aryl methyl sites for hydroxylation is 3. The highest BCUT2D eigenvalue weighted by atomic mass is 16.6. The highest BCUT2D eigenvalue weighted by Crippen LogP contribution is 2.20. The number of nitrogens with one attached hydrogen (secondary N) is 1. The molecule has 0 heterocycles. The zero-order chi connectivity index (χ0) is 19.3. The fourth-order valence-corrected chi connectivity index (χ4v) is 2.50. The number of amides is 1. The molecule has 1 amide bonds. The third kappa shape index (κ3) is 5.09. The molecule has 0 fully saturated rings. The first-order chi connectivity index (χ1) is 12.3. The van der Waals surface area contributed by atoms with Gasteiger partial charge in [0.05, 0.1) is 0 Å². The molecule has 0 aliphatic heterocycles. The quantitative estimate of drug-likeness (QED) is 0.797. The summed E-state index contributed by atoms with van der Waals surface area (Å²) in [5.74, 6) is -0.378. The number of carbonyl (C=O) groups is 2. The molecule has 2 rings (SSSR count). The van der Waals surface area contributed by atoms with Gasteiger partial charge in [0.2, 0.25) is 0 Å². The number of benzene rings is 2. The number of esters is 1. The Kier molecular flexibility index (Phi) is 6.39. The molecule has 0 saturated carbocycles. The highest BCUT2D eigenvalue weighted by molar-refractivity contribution is 5.96. The number of para-hydroxylation sites is 1. The third-order valence-corrected chi connectivity index (χ3v) is 4.03. The van der Waals surface area contributed by atoms with Gasteiger partial charge in [0.25, 0.3) is 5.91 Å². The Morgan fingerprint density at radius 3 is 2.15 bits per heavy atom. The van der Waals surface area contributed by atoms with Crippen molar-refractivity contribution >= 4 is 17.6 Å². The maximum Gasteiger partial charge on any atom is 0.347 e. The second-order valence-corrected chi connectivity index (χ2v) is 6.41. The molecule has 0 spiro atoms. The van der Waals surface area contributed by atoms with Crippen LogP contribution in [-0.4, -0.2) is 24.1 Å². The van der Waals surface area contributed by atoms with Gasteiger partial charge in [-0.3, -0.25) is 4.79 Å². The summed E-state index contributed by atoms with van der Waals surface area (Å²) in [5, 5.41) is 2.82. The van der Waals surface area contributed by atoms with E-state index in [4.69, 9.17) is 9.47 Å². The number of anilines is 1. The fraction of sp³-hybridized carbons (Fsp3) is 0.333. The predicted octanol–water partition coefficient (Wildman–Crippen LogP) is 3.95. The van der Waals surface area contributed by atoms with Crippen LogP contribution in [0.1, 0.15) is 30.5 Å². The second kappa shape index (κ2) is 8.52. The molecule has 0 aromatic heterocycles. The molecule has 2 aromatic carbocycles. The molecule has 26 heavy (non-hydrogen) atoms. The molecule has 5 nitrogen and oxygen atoms in total. The number of rotatable bonds is 6. The Hall–Kier alpha value is -2.82. The van der Waals surface area contributed by atoms with Crippen LogP contribution < -0.4 is 10.1 Å². The van der Waals surface area contributed by atoms with Crippen molar-refractivity contribution in [2.45, 2.75) is 46.8 Å². The van der Waals surface area contributed by atoms with Crippen LogP contribution in [0.15, 0.2) is 42.5 Å². The average Bonchev–Trinajstić information content (AvgIpc) is 2.58. The minimum atomic E-state index is -0.926. The van der Waals surface area contributed by atoms with E-state index in [0.29, 0.717) is 5.75 Å². The average molecular weight is 355 g/mol. The van der Waals surface area contributed by atoms with Gasteiger partial charge in [-0.15, -0.1) is 0 Å². The third-order valence-electron chi connectivity index (χ3n) is 4.03. The first-order valence-electron chi connectivity index (χ1n) is 8.59. The van der Waals surface area contributed by atoms with E-state index in [1.807, 2.05) is 57.2 Å². The minimum Gasteiger partial charge on any atom is -0.479 e. The molecule has 0 unspecified atom stereocenters. The van der Waals surface area contributed by atoms with E-state index in [9.17, 15) is 9.59 Å². The van der Waals surface area contributed by atoms with E-state index in [-0.39, 0.29) is 5.91 Å². The van der Waals surface area contributed by atoms with Gasteiger partial charge < -0.3 is 14.8 Å². The van der Waals surface area contributed by atoms with Crippen molar-refractivity contribution in [1.82, 2.24) is 0 Å². The Labute approximate surface area is 154 Å². The molecular formula is C21H25NO4. The lowest BCUT2D eigenvalue weighted by atomic mass is 10.1. The Balaban J connectivity index is 1.94. The summed E-state index contributed by atoms with van der Waals surface area (Å²) in [7, 11) is 0. The standard InChI is InChI=1S/C21H25NO4/c1-13-8-6-11-18(12-13)25-17(5)21(24)26-16(4)20(23)22-19-14(2)9-7-10-15(19)3/h6-12,16-17H,1-5H3,(H,22,23)/t16-,17-/m0/s1. The van der Waals surface area contributed by atoms with Crippen LogP contribution >= 0.6 is 0 Å². The summed E-state index contributed by atoms with van der Waals surface area (Å²) in [6.07, 6.45) is -1.74. The number of ether oxygens (including phenoxy) is 2. The van der Waals surface area contributed by atoms with Gasteiger partial charge in [0, 0.05) is 5.69 Å². The summed E-state index contributed by atoms with van der Waals surface area (Å²) >= 11 is 0. The van der Waals surface area contributed by atoms with Gasteiger partial charge in [-0.1, -0.05) is 30.3 Å². The monoisotopic (exact) mass is 355 g/mol. The lowest BCUT2D eigenvalue weighted by molar-refractivity contribution is -0.159. The Morgan fingerprint density at radius 1 is 0.923 bits per heavy atom. The van der Waals surface area contributed by atoms with Crippen molar-refractivity contribution in [2.24, 2.45) is 0 Å². The SMILES string of the molecule is Cc1cccc(O[C@@H](C)C(=O)O[C@@H](C)C(=O)Nc2c(C)cccc2C)c1. The van der Waals surface area contributed by atoms with Crippen molar-refractivity contribution in [2.75, 3.05) is 5.32 Å². The molecule has 0 bridgehead atoms. The Morgan fingerprint density at radius 2 is 1.54 bits per heavy atom. The molecule has 2 aromatic rings. The van der Waals surface area contributed by atoms with E-state index in [1.165, 1.54) is 0 Å². The van der Waals surface area contributed by atoms with Crippen molar-refractivity contribution in [3.8, 4) is 5.75 Å². The molecule has 5 heteroatoms. The maximum atomic E-state index is 12.3. The molecule has 0 radical (unpaired) electrons. The molecule has 0 aliphatic rings. The van der Waals surface area contributed by atoms with Crippen LogP contribution in [0.4, 0.5) is 5.69 Å². The topological polar surface area (TPSA) is 64.6 Å². The summed E-state index contributed by atoms with van der Waals surface area (Å²) in [5.41, 5.74) is 3.68. The van der Waals surface area contributed by atoms with Crippen LogP contribution in [-0.2, 0) is 14.3 Å². The van der Waals surface area contributed by atoms with Gasteiger partial charge in [-0.25, -0.2) is 4.79 Å². The number of hydrogen-bond acceptors (Lipinski definition) is 4. The van der Waals surface area contributed by atoms with Gasteiger partial charge in [-0.05, 0) is 63.4 Å². The normalized spacial score (nSPS) is 12.8. The maximum absolute atomic E-state index is 12.3. The zero-order valence-corrected chi connectivity index (χ0v) is 15.8. The van der Waals surface area contributed by atoms with E-state index in [0.717, 1.165) is 22.4 Å². The lowest BCUT2D eigenvalue weighted by Gasteiger charge is -2.19. The molecular weight excluding hydrogens is 330 g/mol. The van der Waals surface area contributed by atoms with Crippen molar-refractivity contribution in [3.63, 3.8) is 0 Å². The fourth-order valence-electron chi connectivity index (χ4n) is 2.50. The number of hydrogen-bond donors (Lipinski definition) is 1. The van der Waals surface area contributed by atoms with Crippen LogP contribution in [0.2, 0.25) is 0 Å². The van der Waals surface area contributed by atoms with E-state index in [2.05, 4.69) is 5.32 Å². The van der Waals surface area contributed by atoms with Crippen LogP contribution in [0.25, 0.3) is 0 Å². The van der Waals surface area contributed by atoms with Crippen molar-refractivity contribution in [3.05, 3.63) is 59.2 Å². The van der Waals surface area contributed by atoms with Crippen LogP contribution in [0.5, 0.6) is 5.75 Å². The van der Waals surface area contributed by atoms with Crippen LogP contribution in [0, 0.1) is 20.8 Å². The summed E-state index contributed by atoms with van der Waals surface area (Å²) in [6.45, 7) is 8.91. The summed E-state index contributed by atoms with van der Waals surface area (Å²) in [6, 6.07) is 13.1. The molecule has 138 valence electrons. The second-order valence-electron chi connectivity index (χ2n) is 6.41. The molecule has 0 saturated heterocycles. The molecule has 1 N–H and O–H groups in total. The number of carbonyl (C=O) groups excluding carboxylic acids is 2. The first kappa shape index (κ1) is 19.5.